The van der Waals surface area contributed by atoms with E-state index < -0.39 is 21.4 Å². The van der Waals surface area contributed by atoms with Gasteiger partial charge >= 0.3 is 82.1 Å². The first kappa shape index (κ1) is 8.43. The Balaban J connectivity index is 0.000000845. The fourth-order valence-corrected chi connectivity index (χ4v) is 8.67. The molecular weight excluding hydrogens is 311 g/mol. The number of rotatable bonds is 2. The third kappa shape index (κ3) is 1.61. The first-order valence-corrected chi connectivity index (χ1v) is 11.6. The van der Waals surface area contributed by atoms with Gasteiger partial charge < -0.3 is 1.43 Å². The predicted molar refractivity (Wildman–Crippen MR) is 50.7 cm³/mol. The molecule has 0 bridgehead atoms. The summed E-state index contributed by atoms with van der Waals surface area (Å²) in [6, 6.07) is 0. The minimum Gasteiger partial charge on any atom is -1.00 e. The van der Waals surface area contributed by atoms with Crippen molar-refractivity contribution in [3.05, 3.63) is 43.1 Å². The molecule has 0 saturated carbocycles. The fourth-order valence-electron chi connectivity index (χ4n) is 1.66. The number of hydrogen-bond acceptors (Lipinski definition) is 0. The smallest absolute Gasteiger partial charge is 1.00 e. The second kappa shape index (κ2) is 3.69. The Bertz CT molecular complexity index is 267. The van der Waals surface area contributed by atoms with Crippen LogP contribution in [0.2, 0.25) is 4.68 Å². The van der Waals surface area contributed by atoms with Crippen molar-refractivity contribution >= 4 is 0 Å². The van der Waals surface area contributed by atoms with Crippen LogP contribution in [0.3, 0.4) is 0 Å². The Kier molecular flexibility index (Phi) is 2.60. The maximum absolute atomic E-state index is 2.52. The van der Waals surface area contributed by atoms with E-state index in [1.54, 1.807) is 6.66 Å². The molecule has 0 fully saturated rings. The van der Waals surface area contributed by atoms with Crippen LogP contribution in [0.4, 0.5) is 0 Å². The summed E-state index contributed by atoms with van der Waals surface area (Å²) in [5.74, 6) is 0. The standard InChI is InChI=1S/2C5H5.CH3.Hf.H/c2*1-2-4-5-3-1;;;/h2*1-3H,4H2;1H3;;/q;;;;-1. The van der Waals surface area contributed by atoms with Gasteiger partial charge in [-0.15, -0.1) is 0 Å². The summed E-state index contributed by atoms with van der Waals surface area (Å²) < 4.78 is 6.06. The molecule has 0 spiro atoms. The quantitative estimate of drug-likeness (QED) is 0.683. The van der Waals surface area contributed by atoms with Crippen LogP contribution in [-0.4, -0.2) is 0 Å². The average Bonchev–Trinajstić information content (AvgIpc) is 2.77. The minimum atomic E-state index is -1.43. The number of hydrogen-bond donors (Lipinski definition) is 0. The normalized spacial score (nSPS) is 19.8. The summed E-state index contributed by atoms with van der Waals surface area (Å²) in [7, 11) is 0. The molecule has 0 aromatic carbocycles. The van der Waals surface area contributed by atoms with Crippen molar-refractivity contribution < 1.29 is 22.9 Å². The summed E-state index contributed by atoms with van der Waals surface area (Å²) >= 11 is -1.43. The third-order valence-electron chi connectivity index (χ3n) is 2.51. The van der Waals surface area contributed by atoms with E-state index in [1.165, 1.54) is 12.8 Å². The molecule has 0 nitrogen and oxygen atoms in total. The van der Waals surface area contributed by atoms with Crippen LogP contribution >= 0.6 is 0 Å². The maximum Gasteiger partial charge on any atom is -1.00 e. The van der Waals surface area contributed by atoms with E-state index in [0.717, 1.165) is 0 Å². The van der Waals surface area contributed by atoms with E-state index in [-0.39, 0.29) is 1.43 Å². The van der Waals surface area contributed by atoms with Crippen LogP contribution in [0, 0.1) is 0 Å². The Hall–Kier alpha value is -0.170. The van der Waals surface area contributed by atoms with E-state index in [0.29, 0.717) is 0 Å². The Morgan fingerprint density at radius 3 is 1.92 bits per heavy atom. The molecule has 0 radical (unpaired) electrons. The summed E-state index contributed by atoms with van der Waals surface area (Å²) in [5, 5.41) is 0. The zero-order valence-corrected chi connectivity index (χ0v) is 11.0. The van der Waals surface area contributed by atoms with Crippen molar-refractivity contribution in [2.24, 2.45) is 0 Å². The van der Waals surface area contributed by atoms with Gasteiger partial charge in [-0.05, 0) is 0 Å². The van der Waals surface area contributed by atoms with Crippen molar-refractivity contribution in [1.82, 2.24) is 0 Å². The first-order chi connectivity index (χ1) is 5.88. The van der Waals surface area contributed by atoms with E-state index in [4.69, 9.17) is 0 Å². The van der Waals surface area contributed by atoms with Crippen LogP contribution < -0.4 is 0 Å². The maximum atomic E-state index is 2.52. The van der Waals surface area contributed by atoms with Gasteiger partial charge in [0.05, 0.1) is 0 Å². The van der Waals surface area contributed by atoms with Gasteiger partial charge in [-0.2, -0.15) is 0 Å². The molecule has 0 unspecified atom stereocenters. The van der Waals surface area contributed by atoms with Crippen molar-refractivity contribution in [2.45, 2.75) is 17.5 Å². The van der Waals surface area contributed by atoms with Crippen molar-refractivity contribution in [3.63, 3.8) is 0 Å². The van der Waals surface area contributed by atoms with Gasteiger partial charge in [-0.3, -0.25) is 0 Å². The molecular formula is C11H14Hf-. The van der Waals surface area contributed by atoms with E-state index >= 15 is 0 Å². The van der Waals surface area contributed by atoms with Gasteiger partial charge in [0, 0.05) is 0 Å². The molecule has 0 aromatic rings. The molecule has 2 aliphatic carbocycles. The van der Waals surface area contributed by atoms with Crippen molar-refractivity contribution in [2.75, 3.05) is 0 Å². The van der Waals surface area contributed by atoms with Gasteiger partial charge in [0.25, 0.3) is 0 Å². The molecule has 0 saturated heterocycles. The van der Waals surface area contributed by atoms with Crippen molar-refractivity contribution in [3.8, 4) is 0 Å². The van der Waals surface area contributed by atoms with Crippen LogP contribution in [0.15, 0.2) is 43.1 Å². The molecule has 0 aromatic heterocycles. The summed E-state index contributed by atoms with van der Waals surface area (Å²) in [5.41, 5.74) is 0. The minimum absolute atomic E-state index is 0. The van der Waals surface area contributed by atoms with E-state index in [1.807, 2.05) is 0 Å². The van der Waals surface area contributed by atoms with Gasteiger partial charge in [-0.1, -0.05) is 0 Å². The van der Waals surface area contributed by atoms with Crippen LogP contribution in [0.25, 0.3) is 0 Å². The second-order valence-corrected chi connectivity index (χ2v) is 12.4. The van der Waals surface area contributed by atoms with Gasteiger partial charge in [0.1, 0.15) is 0 Å². The first-order valence-electron chi connectivity index (χ1n) is 4.43. The molecule has 1 heteroatoms. The topological polar surface area (TPSA) is 0 Å². The molecule has 0 heterocycles. The van der Waals surface area contributed by atoms with Gasteiger partial charge in [0.2, 0.25) is 0 Å². The Labute approximate surface area is 83.4 Å². The average molecular weight is 325 g/mol. The van der Waals surface area contributed by atoms with Crippen LogP contribution in [0.5, 0.6) is 0 Å². The molecule has 12 heavy (non-hydrogen) atoms. The molecule has 63 valence electrons. The zero-order valence-electron chi connectivity index (χ0n) is 8.38. The van der Waals surface area contributed by atoms with Crippen LogP contribution in [-0.2, 0) is 21.4 Å². The third-order valence-corrected chi connectivity index (χ3v) is 12.1. The van der Waals surface area contributed by atoms with E-state index in [9.17, 15) is 0 Å². The monoisotopic (exact) mass is 326 g/mol. The SMILES string of the molecule is [CH3][Hf]([C]1=CC=CC1)[C]1=CC=CC1.[H-]. The Morgan fingerprint density at radius 1 is 1.08 bits per heavy atom. The molecule has 0 amide bonds. The fraction of sp³-hybridized carbons (Fsp3) is 0.273. The van der Waals surface area contributed by atoms with E-state index in [2.05, 4.69) is 41.1 Å². The molecule has 0 aliphatic heterocycles. The predicted octanol–water partition coefficient (Wildman–Crippen LogP) is 3.45. The molecule has 0 atom stereocenters. The zero-order chi connectivity index (χ0) is 8.39. The largest absolute Gasteiger partial charge is 1.00 e. The molecule has 2 rings (SSSR count). The summed E-state index contributed by atoms with van der Waals surface area (Å²) in [6.45, 7) is 0. The molecule has 2 aliphatic rings. The van der Waals surface area contributed by atoms with Crippen molar-refractivity contribution in [1.29, 1.82) is 0 Å². The Morgan fingerprint density at radius 2 is 1.58 bits per heavy atom. The summed E-state index contributed by atoms with van der Waals surface area (Å²) in [4.78, 5) is 0. The molecule has 0 N–H and O–H groups in total. The number of allylic oxidation sites excluding steroid dienone is 8. The van der Waals surface area contributed by atoms with Crippen LogP contribution in [0.1, 0.15) is 14.3 Å². The van der Waals surface area contributed by atoms with Gasteiger partial charge in [0.15, 0.2) is 0 Å². The van der Waals surface area contributed by atoms with Gasteiger partial charge in [-0.25, -0.2) is 0 Å². The second-order valence-electron chi connectivity index (χ2n) is 3.27. The summed E-state index contributed by atoms with van der Waals surface area (Å²) in [6.07, 6.45) is 16.2.